The third kappa shape index (κ3) is 5.01. The number of amides is 2. The van der Waals surface area contributed by atoms with Gasteiger partial charge in [-0.1, -0.05) is 30.3 Å². The maximum atomic E-state index is 11.1. The van der Waals surface area contributed by atoms with E-state index in [0.29, 0.717) is 6.42 Å². The highest BCUT2D eigenvalue weighted by Gasteiger charge is 2.13. The Bertz CT molecular complexity index is 379. The minimum Gasteiger partial charge on any atom is -0.453 e. The number of rotatable bonds is 4. The Balaban J connectivity index is 2.63. The molecule has 1 rings (SSSR count). The van der Waals surface area contributed by atoms with E-state index >= 15 is 0 Å². The number of benzene rings is 1. The predicted molar refractivity (Wildman–Crippen MR) is 63.3 cm³/mol. The van der Waals surface area contributed by atoms with Gasteiger partial charge < -0.3 is 15.4 Å². The van der Waals surface area contributed by atoms with Crippen LogP contribution < -0.4 is 10.6 Å². The van der Waals surface area contributed by atoms with Gasteiger partial charge in [-0.3, -0.25) is 4.79 Å². The van der Waals surface area contributed by atoms with Crippen LogP contribution in [-0.2, 0) is 16.0 Å². The number of hydrogen-bond acceptors (Lipinski definition) is 3. The second-order valence-corrected chi connectivity index (χ2v) is 3.58. The molecule has 0 aliphatic carbocycles. The summed E-state index contributed by atoms with van der Waals surface area (Å²) in [6.45, 7) is 1.40. The summed E-state index contributed by atoms with van der Waals surface area (Å²) in [6, 6.07) is 9.56. The lowest BCUT2D eigenvalue weighted by molar-refractivity contribution is -0.119. The average Bonchev–Trinajstić information content (AvgIpc) is 2.29. The Morgan fingerprint density at radius 2 is 1.88 bits per heavy atom. The summed E-state index contributed by atoms with van der Waals surface area (Å²) in [5, 5.41) is 5.20. The van der Waals surface area contributed by atoms with E-state index in [1.807, 2.05) is 30.3 Å². The van der Waals surface area contributed by atoms with Gasteiger partial charge in [-0.2, -0.15) is 0 Å². The molecule has 5 heteroatoms. The van der Waals surface area contributed by atoms with Crippen LogP contribution in [0.4, 0.5) is 4.79 Å². The van der Waals surface area contributed by atoms with Gasteiger partial charge >= 0.3 is 6.09 Å². The van der Waals surface area contributed by atoms with Crippen molar-refractivity contribution in [1.29, 1.82) is 0 Å². The summed E-state index contributed by atoms with van der Waals surface area (Å²) < 4.78 is 4.50. The van der Waals surface area contributed by atoms with Crippen molar-refractivity contribution in [3.8, 4) is 0 Å². The monoisotopic (exact) mass is 236 g/mol. The summed E-state index contributed by atoms with van der Waals surface area (Å²) >= 11 is 0. The van der Waals surface area contributed by atoms with Crippen molar-refractivity contribution in [2.45, 2.75) is 19.5 Å². The average molecular weight is 236 g/mol. The minimum atomic E-state index is -0.570. The molecule has 1 aromatic rings. The van der Waals surface area contributed by atoms with Crippen LogP contribution in [0.2, 0.25) is 0 Å². The van der Waals surface area contributed by atoms with Crippen molar-refractivity contribution in [1.82, 2.24) is 10.6 Å². The van der Waals surface area contributed by atoms with E-state index in [2.05, 4.69) is 15.4 Å². The Hall–Kier alpha value is -2.04. The molecule has 2 amide bonds. The summed E-state index contributed by atoms with van der Waals surface area (Å²) in [7, 11) is 1.28. The lowest BCUT2D eigenvalue weighted by Gasteiger charge is -2.18. The van der Waals surface area contributed by atoms with Crippen molar-refractivity contribution in [3.63, 3.8) is 0 Å². The molecule has 0 saturated carbocycles. The van der Waals surface area contributed by atoms with Gasteiger partial charge in [0.05, 0.1) is 7.11 Å². The summed E-state index contributed by atoms with van der Waals surface area (Å²) in [6.07, 6.45) is -0.530. The second kappa shape index (κ2) is 6.52. The highest BCUT2D eigenvalue weighted by molar-refractivity contribution is 5.74. The zero-order valence-electron chi connectivity index (χ0n) is 9.90. The number of hydrogen-bond donors (Lipinski definition) is 2. The van der Waals surface area contributed by atoms with Gasteiger partial charge in [-0.15, -0.1) is 0 Å². The molecule has 0 bridgehead atoms. The van der Waals surface area contributed by atoms with Gasteiger partial charge in [0.25, 0.3) is 0 Å². The van der Waals surface area contributed by atoms with E-state index in [-0.39, 0.29) is 5.91 Å². The molecule has 0 aliphatic rings. The Morgan fingerprint density at radius 1 is 1.24 bits per heavy atom. The predicted octanol–water partition coefficient (Wildman–Crippen LogP) is 1.05. The van der Waals surface area contributed by atoms with Gasteiger partial charge in [0, 0.05) is 13.3 Å². The largest absolute Gasteiger partial charge is 0.453 e. The van der Waals surface area contributed by atoms with E-state index in [9.17, 15) is 9.59 Å². The zero-order chi connectivity index (χ0) is 12.7. The smallest absolute Gasteiger partial charge is 0.408 e. The third-order valence-corrected chi connectivity index (χ3v) is 2.14. The van der Waals surface area contributed by atoms with E-state index in [4.69, 9.17) is 0 Å². The van der Waals surface area contributed by atoms with Crippen molar-refractivity contribution < 1.29 is 14.3 Å². The van der Waals surface area contributed by atoms with Gasteiger partial charge in [0.1, 0.15) is 6.17 Å². The van der Waals surface area contributed by atoms with E-state index in [1.54, 1.807) is 0 Å². The van der Waals surface area contributed by atoms with Crippen LogP contribution in [0.25, 0.3) is 0 Å². The maximum Gasteiger partial charge on any atom is 0.408 e. The molecule has 5 nitrogen and oxygen atoms in total. The minimum absolute atomic E-state index is 0.206. The number of methoxy groups -OCH3 is 1. The summed E-state index contributed by atoms with van der Waals surface area (Å²) in [5.74, 6) is -0.206. The molecule has 0 unspecified atom stereocenters. The first kappa shape index (κ1) is 13.0. The normalized spacial score (nSPS) is 11.4. The Morgan fingerprint density at radius 3 is 2.41 bits per heavy atom. The first-order valence-electron chi connectivity index (χ1n) is 5.27. The molecule has 1 atom stereocenters. The van der Waals surface area contributed by atoms with Crippen molar-refractivity contribution in [2.24, 2.45) is 0 Å². The number of alkyl carbamates (subject to hydrolysis) is 1. The topological polar surface area (TPSA) is 67.4 Å². The molecule has 0 fully saturated rings. The highest BCUT2D eigenvalue weighted by Crippen LogP contribution is 2.01. The van der Waals surface area contributed by atoms with Crippen LogP contribution >= 0.6 is 0 Å². The van der Waals surface area contributed by atoms with E-state index in [0.717, 1.165) is 5.56 Å². The molecule has 17 heavy (non-hydrogen) atoms. The molecule has 0 aromatic heterocycles. The molecule has 0 spiro atoms. The molecule has 0 aliphatic heterocycles. The SMILES string of the molecule is COC(=O)N[C@H](Cc1ccccc1)NC(C)=O. The van der Waals surface area contributed by atoms with Crippen LogP contribution in [0.5, 0.6) is 0 Å². The molecule has 92 valence electrons. The zero-order valence-corrected chi connectivity index (χ0v) is 9.90. The van der Waals surface area contributed by atoms with Gasteiger partial charge in [-0.05, 0) is 5.56 Å². The highest BCUT2D eigenvalue weighted by atomic mass is 16.5. The standard InChI is InChI=1S/C12H16N2O3/c1-9(15)13-11(14-12(16)17-2)8-10-6-4-3-5-7-10/h3-7,11H,8H2,1-2H3,(H,13,15)(H,14,16)/t11-/m1/s1. The van der Waals surface area contributed by atoms with Gasteiger partial charge in [0.2, 0.25) is 5.91 Å². The lowest BCUT2D eigenvalue weighted by atomic mass is 10.1. The molecule has 0 heterocycles. The second-order valence-electron chi connectivity index (χ2n) is 3.58. The molecule has 1 aromatic carbocycles. The first-order valence-corrected chi connectivity index (χ1v) is 5.27. The first-order chi connectivity index (χ1) is 8.11. The maximum absolute atomic E-state index is 11.1. The van der Waals surface area contributed by atoms with Crippen LogP contribution in [0.1, 0.15) is 12.5 Å². The van der Waals surface area contributed by atoms with Crippen molar-refractivity contribution >= 4 is 12.0 Å². The fourth-order valence-electron chi connectivity index (χ4n) is 1.43. The summed E-state index contributed by atoms with van der Waals surface area (Å²) in [4.78, 5) is 22.1. The Labute approximate surface area is 100 Å². The Kier molecular flexibility index (Phi) is 5.00. The fourth-order valence-corrected chi connectivity index (χ4v) is 1.43. The molecule has 2 N–H and O–H groups in total. The number of carbonyl (C=O) groups excluding carboxylic acids is 2. The van der Waals surface area contributed by atoms with Crippen molar-refractivity contribution in [3.05, 3.63) is 35.9 Å². The molecular formula is C12H16N2O3. The quantitative estimate of drug-likeness (QED) is 0.768. The van der Waals surface area contributed by atoms with Crippen molar-refractivity contribution in [2.75, 3.05) is 7.11 Å². The van der Waals surface area contributed by atoms with Crippen LogP contribution in [0, 0.1) is 0 Å². The van der Waals surface area contributed by atoms with Gasteiger partial charge in [-0.25, -0.2) is 4.79 Å². The van der Waals surface area contributed by atoms with E-state index in [1.165, 1.54) is 14.0 Å². The molecule has 0 saturated heterocycles. The molecular weight excluding hydrogens is 220 g/mol. The number of nitrogens with one attached hydrogen (secondary N) is 2. The van der Waals surface area contributed by atoms with Crippen LogP contribution in [-0.4, -0.2) is 25.3 Å². The van der Waals surface area contributed by atoms with Crippen LogP contribution in [0.3, 0.4) is 0 Å². The third-order valence-electron chi connectivity index (χ3n) is 2.14. The van der Waals surface area contributed by atoms with Gasteiger partial charge in [0.15, 0.2) is 0 Å². The fraction of sp³-hybridized carbons (Fsp3) is 0.333. The summed E-state index contributed by atoms with van der Waals surface area (Å²) in [5.41, 5.74) is 1.02. The number of ether oxygens (including phenoxy) is 1. The van der Waals surface area contributed by atoms with Crippen LogP contribution in [0.15, 0.2) is 30.3 Å². The molecule has 0 radical (unpaired) electrons. The lowest BCUT2D eigenvalue weighted by Crippen LogP contribution is -2.48. The number of carbonyl (C=O) groups is 2. The van der Waals surface area contributed by atoms with E-state index < -0.39 is 12.3 Å².